The molecule has 32 heavy (non-hydrogen) atoms. The second-order valence-electron chi connectivity index (χ2n) is 8.41. The first-order valence-electron chi connectivity index (χ1n) is 13.2. The van der Waals surface area contributed by atoms with Gasteiger partial charge in [0.25, 0.3) is 0 Å². The fraction of sp³-hybridized carbons (Fsp3) is 0.923. The molecule has 0 amide bonds. The van der Waals surface area contributed by atoms with Crippen LogP contribution in [0.3, 0.4) is 0 Å². The Bertz CT molecular complexity index is 413. The molecule has 0 saturated heterocycles. The Kier molecular flexibility index (Phi) is 25.2. The van der Waals surface area contributed by atoms with Crippen LogP contribution in [-0.2, 0) is 28.5 Å². The second kappa shape index (κ2) is 26.1. The summed E-state index contributed by atoms with van der Waals surface area (Å²) >= 11 is 0. The van der Waals surface area contributed by atoms with Crippen molar-refractivity contribution in [1.29, 1.82) is 0 Å². The monoisotopic (exact) mass is 458 g/mol. The summed E-state index contributed by atoms with van der Waals surface area (Å²) in [5.74, 6) is -0.287. The summed E-state index contributed by atoms with van der Waals surface area (Å²) in [5, 5.41) is 0. The van der Waals surface area contributed by atoms with E-state index < -0.39 is 0 Å². The predicted molar refractivity (Wildman–Crippen MR) is 129 cm³/mol. The van der Waals surface area contributed by atoms with Crippen LogP contribution >= 0.6 is 0 Å². The molecule has 0 aliphatic rings. The first kappa shape index (κ1) is 30.9. The maximum Gasteiger partial charge on any atom is 0.305 e. The van der Waals surface area contributed by atoms with Gasteiger partial charge in [0.15, 0.2) is 0 Å². The smallest absolute Gasteiger partial charge is 0.305 e. The van der Waals surface area contributed by atoms with Crippen molar-refractivity contribution in [2.75, 3.05) is 39.6 Å². The summed E-state index contributed by atoms with van der Waals surface area (Å²) < 4.78 is 21.1. The Morgan fingerprint density at radius 1 is 0.438 bits per heavy atom. The summed E-state index contributed by atoms with van der Waals surface area (Å²) in [6.07, 6.45) is 17.7. The molecule has 0 radical (unpaired) electrons. The lowest BCUT2D eigenvalue weighted by Crippen LogP contribution is -2.15. The molecule has 6 heteroatoms. The van der Waals surface area contributed by atoms with Crippen LogP contribution in [0.1, 0.15) is 117 Å². The van der Waals surface area contributed by atoms with Crippen LogP contribution in [0.2, 0.25) is 0 Å². The number of carbonyl (C=O) groups excluding carboxylic acids is 2. The van der Waals surface area contributed by atoms with Gasteiger partial charge in [-0.05, 0) is 12.8 Å². The first-order valence-corrected chi connectivity index (χ1v) is 13.2. The first-order chi connectivity index (χ1) is 15.7. The summed E-state index contributed by atoms with van der Waals surface area (Å²) in [6.45, 7) is 6.59. The van der Waals surface area contributed by atoms with E-state index in [0.29, 0.717) is 39.3 Å². The minimum absolute atomic E-state index is 0.139. The Hall–Kier alpha value is -1.14. The molecule has 0 fully saturated rings. The third-order valence-corrected chi connectivity index (χ3v) is 5.32. The molecule has 0 rings (SSSR count). The van der Waals surface area contributed by atoms with Crippen molar-refractivity contribution in [2.45, 2.75) is 117 Å². The second-order valence-corrected chi connectivity index (χ2v) is 8.41. The number of esters is 2. The van der Waals surface area contributed by atoms with Gasteiger partial charge in [-0.25, -0.2) is 0 Å². The zero-order valence-corrected chi connectivity index (χ0v) is 21.0. The largest absolute Gasteiger partial charge is 0.463 e. The van der Waals surface area contributed by atoms with Crippen molar-refractivity contribution in [3.63, 3.8) is 0 Å². The zero-order valence-electron chi connectivity index (χ0n) is 21.0. The minimum atomic E-state index is -0.148. The van der Waals surface area contributed by atoms with E-state index >= 15 is 0 Å². The maximum absolute atomic E-state index is 11.7. The fourth-order valence-corrected chi connectivity index (χ4v) is 3.35. The van der Waals surface area contributed by atoms with Crippen LogP contribution in [0.15, 0.2) is 0 Å². The van der Waals surface area contributed by atoms with Crippen LogP contribution in [0.4, 0.5) is 0 Å². The molecule has 0 bridgehead atoms. The third kappa shape index (κ3) is 25.1. The van der Waals surface area contributed by atoms with Gasteiger partial charge in [-0.2, -0.15) is 0 Å². The SMILES string of the molecule is CCCCCCCCCCCC(=O)OCCOCCOCCOC(=O)CCCCCCC. The Labute approximate surface area is 197 Å². The summed E-state index contributed by atoms with van der Waals surface area (Å²) in [7, 11) is 0. The van der Waals surface area contributed by atoms with Gasteiger partial charge < -0.3 is 18.9 Å². The molecule has 6 nitrogen and oxygen atoms in total. The van der Waals surface area contributed by atoms with Crippen molar-refractivity contribution < 1.29 is 28.5 Å². The van der Waals surface area contributed by atoms with E-state index in [4.69, 9.17) is 18.9 Å². The average molecular weight is 459 g/mol. The number of rotatable bonds is 25. The lowest BCUT2D eigenvalue weighted by atomic mass is 10.1. The molecule has 0 unspecified atom stereocenters. The topological polar surface area (TPSA) is 71.1 Å². The number of unbranched alkanes of at least 4 members (excludes halogenated alkanes) is 12. The molecular formula is C26H50O6. The van der Waals surface area contributed by atoms with Crippen LogP contribution < -0.4 is 0 Å². The van der Waals surface area contributed by atoms with Crippen molar-refractivity contribution in [3.8, 4) is 0 Å². The van der Waals surface area contributed by atoms with Gasteiger partial charge >= 0.3 is 11.9 Å². The normalized spacial score (nSPS) is 10.9. The molecule has 0 saturated carbocycles. The zero-order chi connectivity index (χ0) is 23.5. The molecule has 0 aromatic heterocycles. The van der Waals surface area contributed by atoms with E-state index in [1.54, 1.807) is 0 Å². The highest BCUT2D eigenvalue weighted by Crippen LogP contribution is 2.10. The van der Waals surface area contributed by atoms with Crippen molar-refractivity contribution >= 4 is 11.9 Å². The van der Waals surface area contributed by atoms with Crippen molar-refractivity contribution in [2.24, 2.45) is 0 Å². The van der Waals surface area contributed by atoms with Gasteiger partial charge in [0, 0.05) is 12.8 Å². The molecule has 0 aliphatic heterocycles. The van der Waals surface area contributed by atoms with Crippen LogP contribution in [0.5, 0.6) is 0 Å². The predicted octanol–water partition coefficient (Wildman–Crippen LogP) is 6.39. The molecule has 0 aromatic rings. The van der Waals surface area contributed by atoms with E-state index in [1.165, 1.54) is 64.2 Å². The Balaban J connectivity index is 3.23. The highest BCUT2D eigenvalue weighted by atomic mass is 16.6. The van der Waals surface area contributed by atoms with E-state index in [1.807, 2.05) is 0 Å². The van der Waals surface area contributed by atoms with Gasteiger partial charge in [0.1, 0.15) is 13.2 Å². The van der Waals surface area contributed by atoms with Crippen molar-refractivity contribution in [1.82, 2.24) is 0 Å². The van der Waals surface area contributed by atoms with E-state index in [2.05, 4.69) is 13.8 Å². The molecule has 0 N–H and O–H groups in total. The van der Waals surface area contributed by atoms with E-state index in [-0.39, 0.29) is 25.2 Å². The maximum atomic E-state index is 11.7. The van der Waals surface area contributed by atoms with Gasteiger partial charge in [-0.15, -0.1) is 0 Å². The molecule has 0 aromatic carbocycles. The molecule has 0 atom stereocenters. The highest BCUT2D eigenvalue weighted by molar-refractivity contribution is 5.69. The van der Waals surface area contributed by atoms with Crippen molar-refractivity contribution in [3.05, 3.63) is 0 Å². The Morgan fingerprint density at radius 3 is 1.12 bits per heavy atom. The van der Waals surface area contributed by atoms with Gasteiger partial charge in [-0.1, -0.05) is 90.9 Å². The minimum Gasteiger partial charge on any atom is -0.463 e. The molecule has 0 spiro atoms. The summed E-state index contributed by atoms with van der Waals surface area (Å²) in [6, 6.07) is 0. The standard InChI is InChI=1S/C26H50O6/c1-3-5-7-9-10-11-12-14-16-18-26(28)32-24-22-30-20-19-29-21-23-31-25(27)17-15-13-8-6-4-2/h3-24H2,1-2H3. The number of ether oxygens (including phenoxy) is 4. The lowest BCUT2D eigenvalue weighted by Gasteiger charge is -2.08. The van der Waals surface area contributed by atoms with E-state index in [0.717, 1.165) is 25.7 Å². The summed E-state index contributed by atoms with van der Waals surface area (Å²) in [4.78, 5) is 23.2. The van der Waals surface area contributed by atoms with Crippen LogP contribution in [-0.4, -0.2) is 51.6 Å². The number of hydrogen-bond acceptors (Lipinski definition) is 6. The fourth-order valence-electron chi connectivity index (χ4n) is 3.35. The molecule has 0 heterocycles. The molecule has 0 aliphatic carbocycles. The molecule has 190 valence electrons. The quantitative estimate of drug-likeness (QED) is 0.117. The van der Waals surface area contributed by atoms with Gasteiger partial charge in [0.2, 0.25) is 0 Å². The summed E-state index contributed by atoms with van der Waals surface area (Å²) in [5.41, 5.74) is 0. The van der Waals surface area contributed by atoms with E-state index in [9.17, 15) is 9.59 Å². The van der Waals surface area contributed by atoms with Crippen LogP contribution in [0, 0.1) is 0 Å². The molecular weight excluding hydrogens is 408 g/mol. The average Bonchev–Trinajstić information content (AvgIpc) is 2.79. The number of carbonyl (C=O) groups is 2. The third-order valence-electron chi connectivity index (χ3n) is 5.32. The van der Waals surface area contributed by atoms with Gasteiger partial charge in [0.05, 0.1) is 26.4 Å². The van der Waals surface area contributed by atoms with Crippen LogP contribution in [0.25, 0.3) is 0 Å². The highest BCUT2D eigenvalue weighted by Gasteiger charge is 2.04. The lowest BCUT2D eigenvalue weighted by molar-refractivity contribution is -0.147. The van der Waals surface area contributed by atoms with Gasteiger partial charge in [-0.3, -0.25) is 9.59 Å². The Morgan fingerprint density at radius 2 is 0.750 bits per heavy atom. The number of hydrogen-bond donors (Lipinski definition) is 0.